The van der Waals surface area contributed by atoms with Crippen molar-refractivity contribution in [2.75, 3.05) is 14.2 Å². The molecule has 0 saturated carbocycles. The molecular formula is C15H16O3. The van der Waals surface area contributed by atoms with E-state index < -0.39 is 0 Å². The van der Waals surface area contributed by atoms with Gasteiger partial charge in [0.25, 0.3) is 0 Å². The third-order valence-electron chi connectivity index (χ3n) is 2.62. The van der Waals surface area contributed by atoms with Crippen LogP contribution in [0.5, 0.6) is 17.2 Å². The Labute approximate surface area is 107 Å². The molecule has 0 bridgehead atoms. The average Bonchev–Trinajstić information content (AvgIpc) is 2.46. The van der Waals surface area contributed by atoms with Crippen LogP contribution in [0.4, 0.5) is 0 Å². The number of hydrogen-bond donors (Lipinski definition) is 0. The lowest BCUT2D eigenvalue weighted by atomic mass is 10.2. The number of rotatable bonds is 5. The maximum Gasteiger partial charge on any atom is 0.161 e. The van der Waals surface area contributed by atoms with Gasteiger partial charge in [0.05, 0.1) is 14.2 Å². The molecule has 2 aromatic rings. The van der Waals surface area contributed by atoms with Gasteiger partial charge in [-0.1, -0.05) is 24.3 Å². The highest BCUT2D eigenvalue weighted by atomic mass is 16.5. The van der Waals surface area contributed by atoms with Crippen LogP contribution < -0.4 is 14.2 Å². The Balaban J connectivity index is 2.02. The molecule has 0 amide bonds. The average molecular weight is 244 g/mol. The Morgan fingerprint density at radius 2 is 1.44 bits per heavy atom. The monoisotopic (exact) mass is 244 g/mol. The molecule has 0 aromatic heterocycles. The van der Waals surface area contributed by atoms with E-state index in [-0.39, 0.29) is 0 Å². The predicted octanol–water partition coefficient (Wildman–Crippen LogP) is 3.28. The molecule has 0 unspecified atom stereocenters. The standard InChI is InChI=1S/C15H16O3/c1-16-13-9-7-12(8-10-13)11-18-15-6-4-3-5-14(15)17-2/h3-10H,11H2,1-2H3. The number of benzene rings is 2. The fourth-order valence-corrected chi connectivity index (χ4v) is 1.62. The first kappa shape index (κ1) is 12.3. The van der Waals surface area contributed by atoms with Crippen molar-refractivity contribution in [1.29, 1.82) is 0 Å². The van der Waals surface area contributed by atoms with Gasteiger partial charge in [0.15, 0.2) is 11.5 Å². The molecule has 0 spiro atoms. The third kappa shape index (κ3) is 2.94. The summed E-state index contributed by atoms with van der Waals surface area (Å²) in [7, 11) is 3.29. The second-order valence-corrected chi connectivity index (χ2v) is 3.79. The lowest BCUT2D eigenvalue weighted by Gasteiger charge is -2.10. The van der Waals surface area contributed by atoms with Gasteiger partial charge in [0.2, 0.25) is 0 Å². The molecule has 0 aliphatic heterocycles. The van der Waals surface area contributed by atoms with Gasteiger partial charge in [-0.25, -0.2) is 0 Å². The molecule has 18 heavy (non-hydrogen) atoms. The van der Waals surface area contributed by atoms with E-state index in [2.05, 4.69) is 0 Å². The fourth-order valence-electron chi connectivity index (χ4n) is 1.62. The Morgan fingerprint density at radius 3 is 2.06 bits per heavy atom. The van der Waals surface area contributed by atoms with Crippen LogP contribution in [0, 0.1) is 0 Å². The van der Waals surface area contributed by atoms with Crippen LogP contribution in [0.25, 0.3) is 0 Å². The fraction of sp³-hybridized carbons (Fsp3) is 0.200. The highest BCUT2D eigenvalue weighted by molar-refractivity contribution is 5.39. The topological polar surface area (TPSA) is 27.7 Å². The summed E-state index contributed by atoms with van der Waals surface area (Å²) in [6.45, 7) is 0.504. The molecule has 0 heterocycles. The SMILES string of the molecule is COc1ccc(COc2ccccc2OC)cc1. The van der Waals surface area contributed by atoms with Gasteiger partial charge in [-0.2, -0.15) is 0 Å². The van der Waals surface area contributed by atoms with Crippen molar-refractivity contribution in [2.24, 2.45) is 0 Å². The van der Waals surface area contributed by atoms with Crippen LogP contribution >= 0.6 is 0 Å². The molecule has 3 nitrogen and oxygen atoms in total. The van der Waals surface area contributed by atoms with Crippen molar-refractivity contribution in [3.05, 3.63) is 54.1 Å². The third-order valence-corrected chi connectivity index (χ3v) is 2.62. The second-order valence-electron chi connectivity index (χ2n) is 3.79. The Hall–Kier alpha value is -2.16. The van der Waals surface area contributed by atoms with Gasteiger partial charge in [-0.3, -0.25) is 0 Å². The first-order valence-corrected chi connectivity index (χ1v) is 5.72. The summed E-state index contributed by atoms with van der Waals surface area (Å²) in [6.07, 6.45) is 0. The first-order chi connectivity index (χ1) is 8.83. The van der Waals surface area contributed by atoms with Crippen LogP contribution in [-0.2, 0) is 6.61 Å². The number of ether oxygens (including phenoxy) is 3. The summed E-state index contributed by atoms with van der Waals surface area (Å²) in [5, 5.41) is 0. The van der Waals surface area contributed by atoms with Crippen molar-refractivity contribution < 1.29 is 14.2 Å². The smallest absolute Gasteiger partial charge is 0.161 e. The van der Waals surface area contributed by atoms with Gasteiger partial charge < -0.3 is 14.2 Å². The Kier molecular flexibility index (Phi) is 4.07. The van der Waals surface area contributed by atoms with Crippen molar-refractivity contribution >= 4 is 0 Å². The zero-order chi connectivity index (χ0) is 12.8. The van der Waals surface area contributed by atoms with Crippen LogP contribution in [0.3, 0.4) is 0 Å². The molecule has 0 aliphatic carbocycles. The number of para-hydroxylation sites is 2. The molecule has 0 atom stereocenters. The van der Waals surface area contributed by atoms with E-state index in [1.54, 1.807) is 14.2 Å². The van der Waals surface area contributed by atoms with E-state index in [0.29, 0.717) is 6.61 Å². The molecule has 2 rings (SSSR count). The predicted molar refractivity (Wildman–Crippen MR) is 70.3 cm³/mol. The zero-order valence-corrected chi connectivity index (χ0v) is 10.6. The van der Waals surface area contributed by atoms with Gasteiger partial charge in [0.1, 0.15) is 12.4 Å². The van der Waals surface area contributed by atoms with Gasteiger partial charge in [0, 0.05) is 0 Å². The van der Waals surface area contributed by atoms with Crippen molar-refractivity contribution in [2.45, 2.75) is 6.61 Å². The normalized spacial score (nSPS) is 9.89. The van der Waals surface area contributed by atoms with E-state index in [1.165, 1.54) is 0 Å². The molecule has 3 heteroatoms. The summed E-state index contributed by atoms with van der Waals surface area (Å²) >= 11 is 0. The van der Waals surface area contributed by atoms with Crippen LogP contribution in [-0.4, -0.2) is 14.2 Å². The van der Waals surface area contributed by atoms with E-state index in [4.69, 9.17) is 14.2 Å². The number of hydrogen-bond acceptors (Lipinski definition) is 3. The molecule has 0 radical (unpaired) electrons. The van der Waals surface area contributed by atoms with Crippen molar-refractivity contribution in [3.63, 3.8) is 0 Å². The molecule has 0 saturated heterocycles. The lowest BCUT2D eigenvalue weighted by Crippen LogP contribution is -1.97. The molecule has 94 valence electrons. The summed E-state index contributed by atoms with van der Waals surface area (Å²) in [6, 6.07) is 15.4. The lowest BCUT2D eigenvalue weighted by molar-refractivity contribution is 0.284. The quantitative estimate of drug-likeness (QED) is 0.807. The van der Waals surface area contributed by atoms with Crippen LogP contribution in [0.1, 0.15) is 5.56 Å². The summed E-state index contributed by atoms with van der Waals surface area (Å²) < 4.78 is 16.1. The van der Waals surface area contributed by atoms with Crippen molar-refractivity contribution in [1.82, 2.24) is 0 Å². The molecule has 0 fully saturated rings. The van der Waals surface area contributed by atoms with Gasteiger partial charge in [-0.05, 0) is 29.8 Å². The van der Waals surface area contributed by atoms with Crippen molar-refractivity contribution in [3.8, 4) is 17.2 Å². The minimum absolute atomic E-state index is 0.504. The number of methoxy groups -OCH3 is 2. The molecule has 0 N–H and O–H groups in total. The minimum atomic E-state index is 0.504. The zero-order valence-electron chi connectivity index (χ0n) is 10.6. The van der Waals surface area contributed by atoms with E-state index >= 15 is 0 Å². The highest BCUT2D eigenvalue weighted by Gasteiger charge is 2.02. The van der Waals surface area contributed by atoms with E-state index in [1.807, 2.05) is 48.5 Å². The molecular weight excluding hydrogens is 228 g/mol. The van der Waals surface area contributed by atoms with Gasteiger partial charge in [-0.15, -0.1) is 0 Å². The first-order valence-electron chi connectivity index (χ1n) is 5.72. The minimum Gasteiger partial charge on any atom is -0.497 e. The Bertz CT molecular complexity index is 491. The largest absolute Gasteiger partial charge is 0.497 e. The maximum absolute atomic E-state index is 5.72. The summed E-state index contributed by atoms with van der Waals surface area (Å²) in [5.74, 6) is 2.33. The summed E-state index contributed by atoms with van der Waals surface area (Å²) in [4.78, 5) is 0. The summed E-state index contributed by atoms with van der Waals surface area (Å²) in [5.41, 5.74) is 1.08. The molecule has 0 aliphatic rings. The van der Waals surface area contributed by atoms with Crippen LogP contribution in [0.2, 0.25) is 0 Å². The maximum atomic E-state index is 5.72. The molecule has 2 aromatic carbocycles. The Morgan fingerprint density at radius 1 is 0.778 bits per heavy atom. The van der Waals surface area contributed by atoms with E-state index in [9.17, 15) is 0 Å². The van der Waals surface area contributed by atoms with Crippen LogP contribution in [0.15, 0.2) is 48.5 Å². The van der Waals surface area contributed by atoms with E-state index in [0.717, 1.165) is 22.8 Å². The van der Waals surface area contributed by atoms with Gasteiger partial charge >= 0.3 is 0 Å². The second kappa shape index (κ2) is 5.96. The highest BCUT2D eigenvalue weighted by Crippen LogP contribution is 2.26.